The zero-order valence-corrected chi connectivity index (χ0v) is 17.3. The molecule has 0 fully saturated rings. The maximum Gasteiger partial charge on any atom is 0.189 e. The largest absolute Gasteiger partial charge is 0.493 e. The Hall–Kier alpha value is -3.73. The van der Waals surface area contributed by atoms with Crippen LogP contribution in [-0.2, 0) is 6.61 Å². The maximum absolute atomic E-state index is 12.6. The first-order valence-electron chi connectivity index (χ1n) is 9.75. The number of methoxy groups -OCH3 is 1. The minimum absolute atomic E-state index is 0.0571. The molecule has 4 aromatic rings. The van der Waals surface area contributed by atoms with E-state index >= 15 is 0 Å². The van der Waals surface area contributed by atoms with Crippen molar-refractivity contribution in [1.29, 1.82) is 0 Å². The summed E-state index contributed by atoms with van der Waals surface area (Å²) in [6.45, 7) is 0.399. The third-order valence-corrected chi connectivity index (χ3v) is 5.06. The minimum atomic E-state index is -0.0571. The third-order valence-electron chi connectivity index (χ3n) is 5.06. The lowest BCUT2D eigenvalue weighted by Gasteiger charge is -2.17. The minimum Gasteiger partial charge on any atom is -0.493 e. The van der Waals surface area contributed by atoms with Gasteiger partial charge < -0.3 is 18.9 Å². The average Bonchev–Trinajstić information content (AvgIpc) is 2.78. The molecule has 0 radical (unpaired) electrons. The first-order valence-corrected chi connectivity index (χ1v) is 9.75. The number of ether oxygens (including phenoxy) is 2. The number of anilines is 1. The molecule has 0 aliphatic carbocycles. The summed E-state index contributed by atoms with van der Waals surface area (Å²) in [4.78, 5) is 14.7. The van der Waals surface area contributed by atoms with Gasteiger partial charge >= 0.3 is 0 Å². The Morgan fingerprint density at radius 2 is 1.63 bits per heavy atom. The summed E-state index contributed by atoms with van der Waals surface area (Å²) >= 11 is 0. The van der Waals surface area contributed by atoms with Crippen LogP contribution in [0.1, 0.15) is 5.56 Å². The molecule has 0 aliphatic rings. The summed E-state index contributed by atoms with van der Waals surface area (Å²) in [5.41, 5.74) is 3.83. The lowest BCUT2D eigenvalue weighted by Crippen LogP contribution is -2.10. The van der Waals surface area contributed by atoms with Crippen molar-refractivity contribution in [2.75, 3.05) is 26.1 Å². The highest BCUT2D eigenvalue weighted by atomic mass is 16.5. The van der Waals surface area contributed by atoms with Gasteiger partial charge in [0.05, 0.1) is 12.6 Å². The molecule has 152 valence electrons. The van der Waals surface area contributed by atoms with E-state index in [0.29, 0.717) is 23.5 Å². The van der Waals surface area contributed by atoms with Gasteiger partial charge in [-0.25, -0.2) is 0 Å². The van der Waals surface area contributed by atoms with Gasteiger partial charge in [-0.1, -0.05) is 30.3 Å². The average molecular weight is 400 g/mol. The van der Waals surface area contributed by atoms with Crippen molar-refractivity contribution >= 4 is 16.6 Å². The lowest BCUT2D eigenvalue weighted by molar-refractivity contribution is 0.285. The van der Waals surface area contributed by atoms with Gasteiger partial charge in [0.25, 0.3) is 0 Å². The quantitative estimate of drug-likeness (QED) is 0.473. The second kappa shape index (κ2) is 8.33. The second-order valence-electron chi connectivity index (χ2n) is 7.26. The molecule has 0 saturated carbocycles. The summed E-state index contributed by atoms with van der Waals surface area (Å²) in [5.74, 6) is 1.13. The highest BCUT2D eigenvalue weighted by Gasteiger charge is 2.13. The molecule has 0 amide bonds. The maximum atomic E-state index is 12.6. The van der Waals surface area contributed by atoms with Gasteiger partial charge in [-0.3, -0.25) is 4.79 Å². The number of hydrogen-bond acceptors (Lipinski definition) is 4. The van der Waals surface area contributed by atoms with E-state index in [0.717, 1.165) is 22.5 Å². The van der Waals surface area contributed by atoms with Crippen LogP contribution in [0, 0.1) is 0 Å². The van der Waals surface area contributed by atoms with E-state index in [-0.39, 0.29) is 5.43 Å². The topological polar surface area (TPSA) is 43.7 Å². The standard InChI is InChI=1S/C25H24N2O3/c1-26(2)19-9-11-20(12-10-19)27-14-13-23(28)21-15-25(24(29-3)16-22(21)27)30-17-18-7-5-4-6-8-18/h4-16H,17H2,1-3H3. The van der Waals surface area contributed by atoms with E-state index in [4.69, 9.17) is 9.47 Å². The van der Waals surface area contributed by atoms with E-state index in [1.54, 1.807) is 25.4 Å². The normalized spacial score (nSPS) is 10.8. The summed E-state index contributed by atoms with van der Waals surface area (Å²) < 4.78 is 13.5. The van der Waals surface area contributed by atoms with Crippen molar-refractivity contribution in [3.8, 4) is 17.2 Å². The van der Waals surface area contributed by atoms with Gasteiger partial charge in [0.2, 0.25) is 0 Å². The van der Waals surface area contributed by atoms with Crippen molar-refractivity contribution in [3.05, 3.63) is 94.8 Å². The Morgan fingerprint density at radius 3 is 2.30 bits per heavy atom. The second-order valence-corrected chi connectivity index (χ2v) is 7.26. The fourth-order valence-electron chi connectivity index (χ4n) is 3.40. The van der Waals surface area contributed by atoms with Gasteiger partial charge in [0, 0.05) is 49.2 Å². The molecule has 4 rings (SSSR count). The van der Waals surface area contributed by atoms with Gasteiger partial charge in [-0.05, 0) is 35.9 Å². The number of hydrogen-bond donors (Lipinski definition) is 0. The van der Waals surface area contributed by atoms with Crippen LogP contribution in [0.5, 0.6) is 11.5 Å². The van der Waals surface area contributed by atoms with Crippen LogP contribution in [0.15, 0.2) is 83.8 Å². The first kappa shape index (κ1) is 19.6. The summed E-state index contributed by atoms with van der Waals surface area (Å²) in [6.07, 6.45) is 1.79. The predicted octanol–water partition coefficient (Wildman–Crippen LogP) is 4.64. The van der Waals surface area contributed by atoms with Crippen molar-refractivity contribution in [2.24, 2.45) is 0 Å². The van der Waals surface area contributed by atoms with Crippen molar-refractivity contribution < 1.29 is 9.47 Å². The van der Waals surface area contributed by atoms with E-state index in [1.807, 2.05) is 84.2 Å². The van der Waals surface area contributed by atoms with Crippen LogP contribution in [-0.4, -0.2) is 25.8 Å². The highest BCUT2D eigenvalue weighted by Crippen LogP contribution is 2.33. The molecule has 3 aromatic carbocycles. The molecule has 0 bridgehead atoms. The number of aromatic nitrogens is 1. The van der Waals surface area contributed by atoms with Gasteiger partial charge in [0.1, 0.15) is 6.61 Å². The lowest BCUT2D eigenvalue weighted by atomic mass is 10.1. The molecule has 1 aromatic heterocycles. The van der Waals surface area contributed by atoms with E-state index in [2.05, 4.69) is 0 Å². The number of benzene rings is 3. The molecule has 0 saturated heterocycles. The zero-order chi connectivity index (χ0) is 21.1. The summed E-state index contributed by atoms with van der Waals surface area (Å²) in [6, 6.07) is 23.3. The first-order chi connectivity index (χ1) is 14.6. The Balaban J connectivity index is 1.77. The molecule has 0 N–H and O–H groups in total. The van der Waals surface area contributed by atoms with Gasteiger partial charge in [-0.2, -0.15) is 0 Å². The molecule has 0 atom stereocenters. The van der Waals surface area contributed by atoms with Crippen LogP contribution in [0.2, 0.25) is 0 Å². The number of nitrogens with zero attached hydrogens (tertiary/aromatic N) is 2. The zero-order valence-electron chi connectivity index (χ0n) is 17.3. The summed E-state index contributed by atoms with van der Waals surface area (Å²) in [7, 11) is 5.62. The molecule has 30 heavy (non-hydrogen) atoms. The van der Waals surface area contributed by atoms with Crippen LogP contribution in [0.3, 0.4) is 0 Å². The summed E-state index contributed by atoms with van der Waals surface area (Å²) in [5, 5.41) is 0.582. The van der Waals surface area contributed by atoms with Crippen molar-refractivity contribution in [3.63, 3.8) is 0 Å². The van der Waals surface area contributed by atoms with E-state index in [9.17, 15) is 4.79 Å². The van der Waals surface area contributed by atoms with Crippen LogP contribution in [0.25, 0.3) is 16.6 Å². The number of rotatable bonds is 6. The van der Waals surface area contributed by atoms with Crippen LogP contribution < -0.4 is 19.8 Å². The molecule has 5 nitrogen and oxygen atoms in total. The molecule has 1 heterocycles. The SMILES string of the molecule is COc1cc2c(cc1OCc1ccccc1)c(=O)ccn2-c1ccc(N(C)C)cc1. The Morgan fingerprint density at radius 1 is 0.900 bits per heavy atom. The highest BCUT2D eigenvalue weighted by molar-refractivity contribution is 5.84. The molecule has 0 aliphatic heterocycles. The molecule has 0 unspecified atom stereocenters. The predicted molar refractivity (Wildman–Crippen MR) is 121 cm³/mol. The monoisotopic (exact) mass is 400 g/mol. The molecule has 5 heteroatoms. The Labute approximate surface area is 175 Å². The number of fused-ring (bicyclic) bond motifs is 1. The van der Waals surface area contributed by atoms with Crippen LogP contribution in [0.4, 0.5) is 5.69 Å². The molecule has 0 spiro atoms. The van der Waals surface area contributed by atoms with Gasteiger partial charge in [0.15, 0.2) is 16.9 Å². The Kier molecular flexibility index (Phi) is 5.44. The third kappa shape index (κ3) is 3.87. The van der Waals surface area contributed by atoms with Crippen LogP contribution >= 0.6 is 0 Å². The molecular weight excluding hydrogens is 376 g/mol. The van der Waals surface area contributed by atoms with Crippen molar-refractivity contribution in [2.45, 2.75) is 6.61 Å². The molecular formula is C25H24N2O3. The number of pyridine rings is 1. The fraction of sp³-hybridized carbons (Fsp3) is 0.160. The fourth-order valence-corrected chi connectivity index (χ4v) is 3.40. The Bertz CT molecular complexity index is 1210. The van der Waals surface area contributed by atoms with E-state index in [1.165, 1.54) is 0 Å². The smallest absolute Gasteiger partial charge is 0.189 e. The van der Waals surface area contributed by atoms with Crippen molar-refractivity contribution in [1.82, 2.24) is 4.57 Å². The van der Waals surface area contributed by atoms with E-state index < -0.39 is 0 Å². The van der Waals surface area contributed by atoms with Gasteiger partial charge in [-0.15, -0.1) is 0 Å².